The minimum Gasteiger partial charge on any atom is -0.379 e. The molecule has 0 bridgehead atoms. The van der Waals surface area contributed by atoms with E-state index < -0.39 is 0 Å². The number of nitrogens with one attached hydrogen (secondary N) is 1. The van der Waals surface area contributed by atoms with Crippen molar-refractivity contribution in [2.24, 2.45) is 0 Å². The van der Waals surface area contributed by atoms with Crippen molar-refractivity contribution >= 4 is 5.91 Å². The number of hydrogen-bond donors (Lipinski definition) is 1. The third-order valence-electron chi connectivity index (χ3n) is 5.10. The monoisotopic (exact) mass is 352 g/mol. The molecule has 1 saturated heterocycles. The number of carbonyl (C=O) groups is 1. The number of aryl methyl sites for hydroxylation is 2. The molecule has 1 amide bonds. The minimum atomic E-state index is -0.00784. The summed E-state index contributed by atoms with van der Waals surface area (Å²) in [6.45, 7) is 8.00. The van der Waals surface area contributed by atoms with Crippen molar-refractivity contribution < 1.29 is 9.53 Å². The molecule has 138 valence electrons. The van der Waals surface area contributed by atoms with Crippen molar-refractivity contribution in [1.82, 2.24) is 10.2 Å². The molecule has 26 heavy (non-hydrogen) atoms. The summed E-state index contributed by atoms with van der Waals surface area (Å²) in [4.78, 5) is 15.0. The molecule has 3 rings (SSSR count). The molecule has 0 radical (unpaired) electrons. The van der Waals surface area contributed by atoms with E-state index in [9.17, 15) is 4.79 Å². The Hall–Kier alpha value is -2.17. The van der Waals surface area contributed by atoms with E-state index in [1.54, 1.807) is 0 Å². The molecule has 1 unspecified atom stereocenters. The Kier molecular flexibility index (Phi) is 6.42. The normalized spacial score (nSPS) is 16.2. The van der Waals surface area contributed by atoms with Gasteiger partial charge in [-0.25, -0.2) is 0 Å². The zero-order valence-corrected chi connectivity index (χ0v) is 15.7. The second kappa shape index (κ2) is 8.97. The molecule has 4 nitrogen and oxygen atoms in total. The number of carbonyl (C=O) groups excluding carboxylic acids is 1. The van der Waals surface area contributed by atoms with Gasteiger partial charge in [0.05, 0.1) is 19.3 Å². The maximum Gasteiger partial charge on any atom is 0.251 e. The topological polar surface area (TPSA) is 41.6 Å². The number of amides is 1. The van der Waals surface area contributed by atoms with Crippen molar-refractivity contribution in [3.63, 3.8) is 0 Å². The number of morpholine rings is 1. The maximum absolute atomic E-state index is 12.6. The molecule has 1 aliphatic rings. The van der Waals surface area contributed by atoms with Gasteiger partial charge in [-0.1, -0.05) is 49.4 Å². The third kappa shape index (κ3) is 4.51. The zero-order valence-electron chi connectivity index (χ0n) is 15.7. The second-order valence-corrected chi connectivity index (χ2v) is 6.78. The summed E-state index contributed by atoms with van der Waals surface area (Å²) >= 11 is 0. The molecule has 0 aromatic heterocycles. The Labute approximate surface area is 156 Å². The van der Waals surface area contributed by atoms with Gasteiger partial charge in [0.2, 0.25) is 0 Å². The lowest BCUT2D eigenvalue weighted by Crippen LogP contribution is -2.43. The van der Waals surface area contributed by atoms with Gasteiger partial charge in [-0.2, -0.15) is 0 Å². The molecule has 0 aliphatic carbocycles. The maximum atomic E-state index is 12.6. The van der Waals surface area contributed by atoms with E-state index in [4.69, 9.17) is 4.74 Å². The summed E-state index contributed by atoms with van der Waals surface area (Å²) in [6, 6.07) is 16.6. The highest BCUT2D eigenvalue weighted by Gasteiger charge is 2.23. The first-order valence-corrected chi connectivity index (χ1v) is 9.43. The molecule has 0 spiro atoms. The first-order valence-electron chi connectivity index (χ1n) is 9.43. The average molecular weight is 352 g/mol. The highest BCUT2D eigenvalue weighted by molar-refractivity contribution is 5.95. The smallest absolute Gasteiger partial charge is 0.251 e. The minimum absolute atomic E-state index is 0.00784. The highest BCUT2D eigenvalue weighted by atomic mass is 16.5. The Bertz CT molecular complexity index is 721. The molecule has 0 saturated carbocycles. The van der Waals surface area contributed by atoms with Crippen LogP contribution in [0.2, 0.25) is 0 Å². The van der Waals surface area contributed by atoms with Gasteiger partial charge in [-0.05, 0) is 36.1 Å². The van der Waals surface area contributed by atoms with Crippen LogP contribution in [-0.2, 0) is 11.2 Å². The van der Waals surface area contributed by atoms with Crippen molar-refractivity contribution in [2.45, 2.75) is 26.3 Å². The molecule has 2 aromatic carbocycles. The van der Waals surface area contributed by atoms with Crippen LogP contribution in [0.25, 0.3) is 0 Å². The standard InChI is InChI=1S/C22H28N2O2/c1-3-18-8-10-19(11-9-18)21(24-12-14-26-15-13-24)16-23-22(25)20-7-5-4-6-17(20)2/h4-11,21H,3,12-16H2,1-2H3,(H,23,25). The Balaban J connectivity index is 1.74. The Morgan fingerprint density at radius 1 is 1.12 bits per heavy atom. The number of hydrogen-bond acceptors (Lipinski definition) is 3. The number of ether oxygens (including phenoxy) is 1. The summed E-state index contributed by atoms with van der Waals surface area (Å²) in [7, 11) is 0. The van der Waals surface area contributed by atoms with E-state index in [0.29, 0.717) is 6.54 Å². The van der Waals surface area contributed by atoms with E-state index in [0.717, 1.165) is 43.9 Å². The predicted octanol–water partition coefficient (Wildman–Crippen LogP) is 3.36. The molecule has 1 fully saturated rings. The SMILES string of the molecule is CCc1ccc(C(CNC(=O)c2ccccc2C)N2CCOCC2)cc1. The first kappa shape index (κ1) is 18.6. The lowest BCUT2D eigenvalue weighted by atomic mass is 10.0. The van der Waals surface area contributed by atoms with Crippen LogP contribution < -0.4 is 5.32 Å². The highest BCUT2D eigenvalue weighted by Crippen LogP contribution is 2.22. The summed E-state index contributed by atoms with van der Waals surface area (Å²) in [5, 5.41) is 3.14. The van der Waals surface area contributed by atoms with Crippen molar-refractivity contribution in [1.29, 1.82) is 0 Å². The fraction of sp³-hybridized carbons (Fsp3) is 0.409. The molecular weight excluding hydrogens is 324 g/mol. The van der Waals surface area contributed by atoms with Gasteiger partial charge in [-0.15, -0.1) is 0 Å². The quantitative estimate of drug-likeness (QED) is 0.867. The molecule has 1 atom stereocenters. The summed E-state index contributed by atoms with van der Waals surface area (Å²) in [5.74, 6) is -0.00784. The Morgan fingerprint density at radius 3 is 2.46 bits per heavy atom. The van der Waals surface area contributed by atoms with Crippen LogP contribution >= 0.6 is 0 Å². The number of benzene rings is 2. The Morgan fingerprint density at radius 2 is 1.81 bits per heavy atom. The van der Waals surface area contributed by atoms with Gasteiger partial charge < -0.3 is 10.1 Å². The largest absolute Gasteiger partial charge is 0.379 e. The first-order chi connectivity index (χ1) is 12.7. The van der Waals surface area contributed by atoms with Gasteiger partial charge >= 0.3 is 0 Å². The number of nitrogens with zero attached hydrogens (tertiary/aromatic N) is 1. The lowest BCUT2D eigenvalue weighted by Gasteiger charge is -2.35. The molecule has 4 heteroatoms. The van der Waals surface area contributed by atoms with Gasteiger partial charge in [0.15, 0.2) is 0 Å². The summed E-state index contributed by atoms with van der Waals surface area (Å²) < 4.78 is 5.50. The van der Waals surface area contributed by atoms with Crippen LogP contribution in [-0.4, -0.2) is 43.7 Å². The zero-order chi connectivity index (χ0) is 18.4. The van der Waals surface area contributed by atoms with Crippen LogP contribution in [0.5, 0.6) is 0 Å². The fourth-order valence-corrected chi connectivity index (χ4v) is 3.43. The number of rotatable bonds is 6. The van der Waals surface area contributed by atoms with E-state index >= 15 is 0 Å². The van der Waals surface area contributed by atoms with Crippen molar-refractivity contribution in [3.8, 4) is 0 Å². The third-order valence-corrected chi connectivity index (χ3v) is 5.10. The van der Waals surface area contributed by atoms with Crippen LogP contribution in [0, 0.1) is 6.92 Å². The molecule has 1 heterocycles. The lowest BCUT2D eigenvalue weighted by molar-refractivity contribution is 0.0162. The van der Waals surface area contributed by atoms with Gasteiger partial charge in [0.25, 0.3) is 5.91 Å². The van der Waals surface area contributed by atoms with Gasteiger partial charge in [0.1, 0.15) is 0 Å². The second-order valence-electron chi connectivity index (χ2n) is 6.78. The van der Waals surface area contributed by atoms with Crippen molar-refractivity contribution in [3.05, 3.63) is 70.8 Å². The molecular formula is C22H28N2O2. The summed E-state index contributed by atoms with van der Waals surface area (Å²) in [6.07, 6.45) is 1.03. The van der Waals surface area contributed by atoms with Crippen LogP contribution in [0.4, 0.5) is 0 Å². The van der Waals surface area contributed by atoms with Crippen LogP contribution in [0.3, 0.4) is 0 Å². The average Bonchev–Trinajstić information content (AvgIpc) is 2.69. The molecule has 2 aromatic rings. The summed E-state index contributed by atoms with van der Waals surface area (Å²) in [5.41, 5.74) is 4.32. The van der Waals surface area contributed by atoms with E-state index in [1.807, 2.05) is 31.2 Å². The molecule has 1 aliphatic heterocycles. The predicted molar refractivity (Wildman–Crippen MR) is 104 cm³/mol. The van der Waals surface area contributed by atoms with E-state index in [-0.39, 0.29) is 11.9 Å². The van der Waals surface area contributed by atoms with E-state index in [1.165, 1.54) is 11.1 Å². The van der Waals surface area contributed by atoms with Gasteiger partial charge in [-0.3, -0.25) is 9.69 Å². The van der Waals surface area contributed by atoms with Crippen LogP contribution in [0.15, 0.2) is 48.5 Å². The van der Waals surface area contributed by atoms with E-state index in [2.05, 4.69) is 41.4 Å². The van der Waals surface area contributed by atoms with Gasteiger partial charge in [0, 0.05) is 25.2 Å². The fourth-order valence-electron chi connectivity index (χ4n) is 3.43. The van der Waals surface area contributed by atoms with Crippen LogP contribution in [0.1, 0.15) is 40.0 Å². The van der Waals surface area contributed by atoms with Crippen molar-refractivity contribution in [2.75, 3.05) is 32.8 Å². The molecule has 1 N–H and O–H groups in total.